The van der Waals surface area contributed by atoms with Gasteiger partial charge in [-0.1, -0.05) is 72.8 Å². The smallest absolute Gasteiger partial charge is 0.377 e. The number of rotatable bonds is 4. The first-order valence-corrected chi connectivity index (χ1v) is 9.03. The Kier molecular flexibility index (Phi) is 7.90. The third-order valence-corrected chi connectivity index (χ3v) is 4.53. The third-order valence-electron chi connectivity index (χ3n) is 4.53. The number of aliphatic hydroxyl groups excluding tert-OH is 1. The number of aliphatic carboxylic acids is 2. The molecule has 0 amide bonds. The Morgan fingerprint density at radius 3 is 1.65 bits per heavy atom. The number of benzene rings is 4. The Bertz CT molecular complexity index is 1250. The normalized spacial score (nSPS) is 11.0. The first kappa shape index (κ1) is 23.6. The minimum Gasteiger partial charge on any atom is -0.479 e. The average molecular weight is 436 g/mol. The number of ketones is 1. The van der Waals surface area contributed by atoms with Gasteiger partial charge >= 0.3 is 11.9 Å². The highest BCUT2D eigenvalue weighted by molar-refractivity contribution is 7.59. The van der Waals surface area contributed by atoms with Gasteiger partial charge in [0.05, 0.1) is 0 Å². The molecule has 31 heavy (non-hydrogen) atoms. The van der Waals surface area contributed by atoms with E-state index in [1.54, 1.807) is 30.3 Å². The molecule has 0 bridgehead atoms. The van der Waals surface area contributed by atoms with Crippen molar-refractivity contribution in [1.29, 1.82) is 0 Å². The van der Waals surface area contributed by atoms with Gasteiger partial charge in [-0.2, -0.15) is 13.5 Å². The van der Waals surface area contributed by atoms with Crippen molar-refractivity contribution in [2.45, 2.75) is 6.10 Å². The number of carbonyl (C=O) groups excluding carboxylic acids is 1. The van der Waals surface area contributed by atoms with E-state index in [0.29, 0.717) is 5.56 Å². The van der Waals surface area contributed by atoms with Gasteiger partial charge in [0.2, 0.25) is 0 Å². The molecule has 0 spiro atoms. The summed E-state index contributed by atoms with van der Waals surface area (Å²) < 4.78 is 0. The fourth-order valence-corrected chi connectivity index (χ4v) is 2.97. The van der Waals surface area contributed by atoms with Crippen molar-refractivity contribution >= 4 is 52.8 Å². The van der Waals surface area contributed by atoms with Crippen LogP contribution in [0.4, 0.5) is 0 Å². The largest absolute Gasteiger partial charge is 0.479 e. The van der Waals surface area contributed by atoms with Gasteiger partial charge in [-0.25, -0.2) is 9.59 Å². The highest BCUT2D eigenvalue weighted by Crippen LogP contribution is 2.20. The van der Waals surface area contributed by atoms with Crippen molar-refractivity contribution in [2.75, 3.05) is 0 Å². The second-order valence-electron chi connectivity index (χ2n) is 6.54. The van der Waals surface area contributed by atoms with Crippen molar-refractivity contribution in [1.82, 2.24) is 0 Å². The van der Waals surface area contributed by atoms with E-state index in [2.05, 4.69) is 0 Å². The first-order valence-electron chi connectivity index (χ1n) is 9.03. The predicted molar refractivity (Wildman–Crippen MR) is 123 cm³/mol. The molecule has 7 heteroatoms. The zero-order valence-electron chi connectivity index (χ0n) is 16.2. The van der Waals surface area contributed by atoms with Gasteiger partial charge in [0.1, 0.15) is 0 Å². The average Bonchev–Trinajstić information content (AvgIpc) is 2.77. The van der Waals surface area contributed by atoms with Crippen LogP contribution in [0.2, 0.25) is 0 Å². The minimum absolute atomic E-state index is 0. The van der Waals surface area contributed by atoms with Gasteiger partial charge in [0.25, 0.3) is 5.78 Å². The first-order chi connectivity index (χ1) is 14.4. The molecular formula is C24H20O6S. The van der Waals surface area contributed by atoms with Gasteiger partial charge < -0.3 is 15.3 Å². The Balaban J connectivity index is 0.000000213. The molecule has 1 atom stereocenters. The van der Waals surface area contributed by atoms with Gasteiger partial charge in [-0.05, 0) is 39.2 Å². The Hall–Kier alpha value is -3.68. The zero-order chi connectivity index (χ0) is 21.7. The summed E-state index contributed by atoms with van der Waals surface area (Å²) in [4.78, 5) is 32.3. The van der Waals surface area contributed by atoms with Crippen LogP contribution in [0.25, 0.3) is 21.5 Å². The van der Waals surface area contributed by atoms with Crippen LogP contribution in [0.5, 0.6) is 0 Å². The van der Waals surface area contributed by atoms with Crippen molar-refractivity contribution in [3.8, 4) is 0 Å². The van der Waals surface area contributed by atoms with Crippen molar-refractivity contribution in [3.05, 3.63) is 96.1 Å². The quantitative estimate of drug-likeness (QED) is 0.327. The summed E-state index contributed by atoms with van der Waals surface area (Å²) in [6.07, 6.45) is -1.45. The standard InChI is InChI=1S/C12H10O3.C12H8O3.H2S/c2*13-11(12(14)15)10-6-5-8-3-1-2-4-9(8)7-10;/h1-7,11,13H,(H,14,15);1-7H,(H,14,15);1H2/t11-;;/m0../s1. The summed E-state index contributed by atoms with van der Waals surface area (Å²) in [5.74, 6) is -3.53. The molecule has 0 saturated heterocycles. The number of Topliss-reactive ketones (excluding diaryl/α,β-unsaturated/α-hetero) is 1. The summed E-state index contributed by atoms with van der Waals surface area (Å²) in [6, 6.07) is 25.1. The summed E-state index contributed by atoms with van der Waals surface area (Å²) >= 11 is 0. The van der Waals surface area contributed by atoms with Crippen LogP contribution < -0.4 is 0 Å². The molecule has 4 rings (SSSR count). The molecule has 3 N–H and O–H groups in total. The monoisotopic (exact) mass is 436 g/mol. The molecule has 0 fully saturated rings. The van der Waals surface area contributed by atoms with E-state index in [-0.39, 0.29) is 19.1 Å². The summed E-state index contributed by atoms with van der Waals surface area (Å²) in [5, 5.41) is 30.4. The summed E-state index contributed by atoms with van der Waals surface area (Å²) in [7, 11) is 0. The van der Waals surface area contributed by atoms with E-state index >= 15 is 0 Å². The van der Waals surface area contributed by atoms with E-state index in [0.717, 1.165) is 21.5 Å². The van der Waals surface area contributed by atoms with E-state index in [4.69, 9.17) is 10.2 Å². The Morgan fingerprint density at radius 1 is 0.645 bits per heavy atom. The molecule has 0 aliphatic carbocycles. The molecule has 0 unspecified atom stereocenters. The number of aliphatic hydroxyl groups is 1. The van der Waals surface area contributed by atoms with Gasteiger partial charge in [0.15, 0.2) is 6.10 Å². The van der Waals surface area contributed by atoms with E-state index in [1.807, 2.05) is 48.5 Å². The van der Waals surface area contributed by atoms with E-state index < -0.39 is 23.8 Å². The predicted octanol–water partition coefficient (Wildman–Crippen LogP) is 4.18. The van der Waals surface area contributed by atoms with E-state index in [9.17, 15) is 19.5 Å². The molecule has 158 valence electrons. The zero-order valence-corrected chi connectivity index (χ0v) is 17.2. The molecule has 0 saturated carbocycles. The van der Waals surface area contributed by atoms with Crippen molar-refractivity contribution in [3.63, 3.8) is 0 Å². The van der Waals surface area contributed by atoms with E-state index in [1.165, 1.54) is 6.07 Å². The second-order valence-corrected chi connectivity index (χ2v) is 6.54. The number of carbonyl (C=O) groups is 3. The van der Waals surface area contributed by atoms with Crippen molar-refractivity contribution < 1.29 is 29.7 Å². The molecule has 0 heterocycles. The van der Waals surface area contributed by atoms with Gasteiger partial charge in [-0.15, -0.1) is 0 Å². The Morgan fingerprint density at radius 2 is 1.13 bits per heavy atom. The minimum atomic E-state index is -1.45. The number of carboxylic acids is 2. The highest BCUT2D eigenvalue weighted by atomic mass is 32.1. The third kappa shape index (κ3) is 5.69. The fourth-order valence-electron chi connectivity index (χ4n) is 2.97. The van der Waals surface area contributed by atoms with Crippen LogP contribution in [0.3, 0.4) is 0 Å². The molecule has 0 aromatic heterocycles. The van der Waals surface area contributed by atoms with Crippen LogP contribution in [0, 0.1) is 0 Å². The number of fused-ring (bicyclic) bond motifs is 2. The number of carboxylic acid groups (broad SMARTS) is 2. The van der Waals surface area contributed by atoms with Gasteiger partial charge in [-0.3, -0.25) is 4.79 Å². The van der Waals surface area contributed by atoms with Gasteiger partial charge in [0, 0.05) is 5.56 Å². The van der Waals surface area contributed by atoms with Crippen LogP contribution in [-0.4, -0.2) is 33.0 Å². The summed E-state index contributed by atoms with van der Waals surface area (Å²) in [5.41, 5.74) is 0.613. The lowest BCUT2D eigenvalue weighted by Crippen LogP contribution is -2.12. The van der Waals surface area contributed by atoms with Crippen LogP contribution in [0.1, 0.15) is 22.0 Å². The maximum atomic E-state index is 11.2. The maximum Gasteiger partial charge on any atom is 0.377 e. The highest BCUT2D eigenvalue weighted by Gasteiger charge is 2.15. The molecule has 4 aromatic carbocycles. The second kappa shape index (κ2) is 10.4. The lowest BCUT2D eigenvalue weighted by molar-refractivity contribution is -0.147. The molecule has 0 aliphatic rings. The van der Waals surface area contributed by atoms with Crippen molar-refractivity contribution in [2.24, 2.45) is 0 Å². The van der Waals surface area contributed by atoms with Crippen LogP contribution in [-0.2, 0) is 9.59 Å². The molecule has 0 aliphatic heterocycles. The number of hydrogen-bond donors (Lipinski definition) is 3. The number of hydrogen-bond acceptors (Lipinski definition) is 4. The Labute approximate surface area is 184 Å². The lowest BCUT2D eigenvalue weighted by Gasteiger charge is -2.06. The van der Waals surface area contributed by atoms with Crippen LogP contribution in [0.15, 0.2) is 84.9 Å². The molecular weight excluding hydrogens is 416 g/mol. The molecule has 0 radical (unpaired) electrons. The summed E-state index contributed by atoms with van der Waals surface area (Å²) in [6.45, 7) is 0. The fraction of sp³-hybridized carbons (Fsp3) is 0.0417. The lowest BCUT2D eigenvalue weighted by atomic mass is 10.0. The topological polar surface area (TPSA) is 112 Å². The van der Waals surface area contributed by atoms with Crippen LogP contribution >= 0.6 is 13.5 Å². The maximum absolute atomic E-state index is 11.2. The SMILES string of the molecule is O=C(O)C(=O)c1ccc2ccccc2c1.O=C(O)[C@@H](O)c1ccc2ccccc2c1.S. The molecule has 6 nitrogen and oxygen atoms in total. The molecule has 4 aromatic rings.